The van der Waals surface area contributed by atoms with Gasteiger partial charge in [-0.25, -0.2) is 0 Å². The Labute approximate surface area is 156 Å². The number of hydrogen-bond acceptors (Lipinski definition) is 6. The molecule has 0 bridgehead atoms. The molecular weight excluding hydrogens is 348 g/mol. The van der Waals surface area contributed by atoms with Crippen LogP contribution >= 0.6 is 0 Å². The molecule has 0 spiro atoms. The van der Waals surface area contributed by atoms with E-state index in [1.807, 2.05) is 0 Å². The predicted octanol–water partition coefficient (Wildman–Crippen LogP) is 3.83. The molecule has 0 unspecified atom stereocenters. The topological polar surface area (TPSA) is 82.8 Å². The Morgan fingerprint density at radius 1 is 0.963 bits per heavy atom. The zero-order valence-corrected chi connectivity index (χ0v) is 15.3. The lowest BCUT2D eigenvalue weighted by atomic mass is 10.2. The van der Waals surface area contributed by atoms with Crippen molar-refractivity contribution in [1.29, 1.82) is 0 Å². The van der Waals surface area contributed by atoms with Gasteiger partial charge in [-0.2, -0.15) is 0 Å². The Morgan fingerprint density at radius 3 is 2.11 bits per heavy atom. The molecule has 0 saturated heterocycles. The van der Waals surface area contributed by atoms with Crippen molar-refractivity contribution in [3.05, 3.63) is 65.5 Å². The van der Waals surface area contributed by atoms with Gasteiger partial charge < -0.3 is 24.1 Å². The lowest BCUT2D eigenvalue weighted by Crippen LogP contribution is -2.15. The highest BCUT2D eigenvalue weighted by Gasteiger charge is 2.20. The van der Waals surface area contributed by atoms with E-state index < -0.39 is 0 Å². The van der Waals surface area contributed by atoms with Gasteiger partial charge in [0.1, 0.15) is 29.6 Å². The number of ether oxygens (including phenoxy) is 3. The van der Waals surface area contributed by atoms with Gasteiger partial charge >= 0.3 is 0 Å². The Morgan fingerprint density at radius 2 is 1.52 bits per heavy atom. The molecule has 27 heavy (non-hydrogen) atoms. The van der Waals surface area contributed by atoms with Crippen LogP contribution in [0, 0.1) is 6.92 Å². The average molecular weight is 368 g/mol. The van der Waals surface area contributed by atoms with E-state index in [1.165, 1.54) is 0 Å². The van der Waals surface area contributed by atoms with E-state index in [0.29, 0.717) is 28.5 Å². The van der Waals surface area contributed by atoms with Crippen LogP contribution in [0.2, 0.25) is 0 Å². The minimum atomic E-state index is -0.370. The molecule has 1 aromatic heterocycles. The van der Waals surface area contributed by atoms with Crippen LogP contribution in [0.25, 0.3) is 0 Å². The fourth-order valence-electron chi connectivity index (χ4n) is 2.43. The molecule has 7 heteroatoms. The second-order valence-corrected chi connectivity index (χ2v) is 5.71. The molecule has 1 heterocycles. The van der Waals surface area contributed by atoms with E-state index in [1.54, 1.807) is 69.7 Å². The second-order valence-electron chi connectivity index (χ2n) is 5.71. The van der Waals surface area contributed by atoms with E-state index >= 15 is 0 Å². The minimum absolute atomic E-state index is 0.160. The van der Waals surface area contributed by atoms with E-state index in [0.717, 1.165) is 5.75 Å². The highest BCUT2D eigenvalue weighted by molar-refractivity contribution is 6.03. The first kappa shape index (κ1) is 18.3. The van der Waals surface area contributed by atoms with Crippen LogP contribution in [-0.4, -0.2) is 25.3 Å². The predicted molar refractivity (Wildman–Crippen MR) is 99.5 cm³/mol. The van der Waals surface area contributed by atoms with Crippen molar-refractivity contribution in [2.24, 2.45) is 0 Å². The Hall–Kier alpha value is -3.48. The number of rotatable bonds is 7. The number of methoxy groups -OCH3 is 2. The number of aryl methyl sites for hydroxylation is 1. The number of aromatic nitrogens is 1. The first-order valence-electron chi connectivity index (χ1n) is 8.28. The van der Waals surface area contributed by atoms with Crippen molar-refractivity contribution in [2.75, 3.05) is 19.5 Å². The van der Waals surface area contributed by atoms with Crippen LogP contribution in [0.4, 0.5) is 5.69 Å². The quantitative estimate of drug-likeness (QED) is 0.682. The molecule has 0 fully saturated rings. The van der Waals surface area contributed by atoms with Gasteiger partial charge in [-0.3, -0.25) is 4.79 Å². The maximum Gasteiger partial charge on any atom is 0.278 e. The third-order valence-electron chi connectivity index (χ3n) is 3.99. The summed E-state index contributed by atoms with van der Waals surface area (Å²) >= 11 is 0. The first-order valence-corrected chi connectivity index (χ1v) is 8.28. The van der Waals surface area contributed by atoms with Gasteiger partial charge in [0, 0.05) is 5.69 Å². The van der Waals surface area contributed by atoms with Gasteiger partial charge in [-0.15, -0.1) is 0 Å². The van der Waals surface area contributed by atoms with Crippen molar-refractivity contribution in [1.82, 2.24) is 5.16 Å². The average Bonchev–Trinajstić information content (AvgIpc) is 3.08. The fraction of sp³-hybridized carbons (Fsp3) is 0.200. The Kier molecular flexibility index (Phi) is 5.61. The molecule has 3 aromatic rings. The van der Waals surface area contributed by atoms with E-state index in [4.69, 9.17) is 18.7 Å². The molecule has 3 rings (SSSR count). The summed E-state index contributed by atoms with van der Waals surface area (Å²) in [6.45, 7) is 1.90. The van der Waals surface area contributed by atoms with Gasteiger partial charge in [0.25, 0.3) is 5.91 Å². The lowest BCUT2D eigenvalue weighted by Gasteiger charge is -2.08. The van der Waals surface area contributed by atoms with Crippen LogP contribution in [-0.2, 0) is 6.61 Å². The fourth-order valence-corrected chi connectivity index (χ4v) is 2.43. The van der Waals surface area contributed by atoms with Gasteiger partial charge in [0.15, 0.2) is 5.69 Å². The molecule has 0 aliphatic heterocycles. The third-order valence-corrected chi connectivity index (χ3v) is 3.99. The summed E-state index contributed by atoms with van der Waals surface area (Å²) < 4.78 is 21.2. The monoisotopic (exact) mass is 368 g/mol. The first-order chi connectivity index (χ1) is 13.1. The summed E-state index contributed by atoms with van der Waals surface area (Å²) in [7, 11) is 3.19. The SMILES string of the molecule is COc1ccc(NC(=O)c2noc(C)c2COc2ccc(OC)cc2)cc1. The zero-order chi connectivity index (χ0) is 19.2. The molecule has 0 aliphatic carbocycles. The summed E-state index contributed by atoms with van der Waals surface area (Å²) in [6.07, 6.45) is 0. The summed E-state index contributed by atoms with van der Waals surface area (Å²) in [5.74, 6) is 2.26. The summed E-state index contributed by atoms with van der Waals surface area (Å²) in [4.78, 5) is 12.6. The standard InChI is InChI=1S/C20H20N2O5/c1-13-18(12-26-17-10-8-16(25-3)9-11-17)19(22-27-13)20(23)21-14-4-6-15(24-2)7-5-14/h4-11H,12H2,1-3H3,(H,21,23). The molecule has 1 amide bonds. The van der Waals surface area contributed by atoms with Crippen molar-refractivity contribution in [3.63, 3.8) is 0 Å². The molecule has 0 saturated carbocycles. The molecule has 1 N–H and O–H groups in total. The lowest BCUT2D eigenvalue weighted by molar-refractivity contribution is 0.101. The maximum atomic E-state index is 12.6. The van der Waals surface area contributed by atoms with Crippen LogP contribution in [0.5, 0.6) is 17.2 Å². The highest BCUT2D eigenvalue weighted by Crippen LogP contribution is 2.22. The molecule has 2 aromatic carbocycles. The molecule has 0 radical (unpaired) electrons. The number of hydrogen-bond donors (Lipinski definition) is 1. The summed E-state index contributed by atoms with van der Waals surface area (Å²) in [6, 6.07) is 14.2. The van der Waals surface area contributed by atoms with E-state index in [9.17, 15) is 4.79 Å². The van der Waals surface area contributed by atoms with E-state index in [2.05, 4.69) is 10.5 Å². The van der Waals surface area contributed by atoms with Gasteiger partial charge in [0.2, 0.25) is 0 Å². The molecular formula is C20H20N2O5. The van der Waals surface area contributed by atoms with Crippen molar-refractivity contribution in [2.45, 2.75) is 13.5 Å². The van der Waals surface area contributed by atoms with Crippen LogP contribution in [0.1, 0.15) is 21.8 Å². The largest absolute Gasteiger partial charge is 0.497 e. The molecule has 0 aliphatic rings. The number of anilines is 1. The summed E-state index contributed by atoms with van der Waals surface area (Å²) in [5, 5.41) is 6.66. The van der Waals surface area contributed by atoms with Gasteiger partial charge in [-0.05, 0) is 55.5 Å². The van der Waals surface area contributed by atoms with Crippen molar-refractivity contribution in [3.8, 4) is 17.2 Å². The molecule has 140 valence electrons. The zero-order valence-electron chi connectivity index (χ0n) is 15.3. The van der Waals surface area contributed by atoms with Crippen molar-refractivity contribution < 1.29 is 23.5 Å². The normalized spacial score (nSPS) is 10.3. The number of benzene rings is 2. The van der Waals surface area contributed by atoms with Gasteiger partial charge in [-0.1, -0.05) is 5.16 Å². The van der Waals surface area contributed by atoms with Crippen LogP contribution < -0.4 is 19.5 Å². The Bertz CT molecular complexity index is 901. The molecule has 7 nitrogen and oxygen atoms in total. The number of nitrogens with zero attached hydrogens (tertiary/aromatic N) is 1. The van der Waals surface area contributed by atoms with Crippen LogP contribution in [0.15, 0.2) is 53.1 Å². The number of carbonyl (C=O) groups is 1. The number of nitrogens with one attached hydrogen (secondary N) is 1. The summed E-state index contributed by atoms with van der Waals surface area (Å²) in [5.41, 5.74) is 1.41. The number of carbonyl (C=O) groups excluding carboxylic acids is 1. The second kappa shape index (κ2) is 8.27. The smallest absolute Gasteiger partial charge is 0.278 e. The maximum absolute atomic E-state index is 12.6. The Balaban J connectivity index is 1.69. The minimum Gasteiger partial charge on any atom is -0.497 e. The highest BCUT2D eigenvalue weighted by atomic mass is 16.5. The van der Waals surface area contributed by atoms with Gasteiger partial charge in [0.05, 0.1) is 19.8 Å². The van der Waals surface area contributed by atoms with Crippen molar-refractivity contribution >= 4 is 11.6 Å². The third kappa shape index (κ3) is 4.38. The van der Waals surface area contributed by atoms with Crippen LogP contribution in [0.3, 0.4) is 0 Å². The number of amides is 1. The molecule has 0 atom stereocenters. The van der Waals surface area contributed by atoms with E-state index in [-0.39, 0.29) is 18.2 Å².